The largest absolute Gasteiger partial charge is 0.409 e. The number of amides is 1. The molecule has 1 amide bonds. The van der Waals surface area contributed by atoms with Gasteiger partial charge >= 0.3 is 0 Å². The van der Waals surface area contributed by atoms with Crippen LogP contribution in [0, 0.1) is 0 Å². The van der Waals surface area contributed by atoms with Gasteiger partial charge < -0.3 is 25.9 Å². The van der Waals surface area contributed by atoms with E-state index in [9.17, 15) is 4.79 Å². The van der Waals surface area contributed by atoms with Gasteiger partial charge in [0.05, 0.1) is 12.6 Å². The number of carbonyl (C=O) groups is 1. The smallest absolute Gasteiger partial charge is 0.239 e. The van der Waals surface area contributed by atoms with Gasteiger partial charge in [-0.15, -0.1) is 0 Å². The average molecular weight is 260 g/mol. The zero-order valence-electron chi connectivity index (χ0n) is 11.5. The second-order valence-electron chi connectivity index (χ2n) is 4.07. The van der Waals surface area contributed by atoms with Crippen LogP contribution < -0.4 is 11.1 Å². The number of amidine groups is 1. The van der Waals surface area contributed by atoms with Crippen molar-refractivity contribution in [1.29, 1.82) is 0 Å². The van der Waals surface area contributed by atoms with Crippen LogP contribution in [0.4, 0.5) is 0 Å². The van der Waals surface area contributed by atoms with Gasteiger partial charge in [-0.3, -0.25) is 4.79 Å². The summed E-state index contributed by atoms with van der Waals surface area (Å²) in [6.07, 6.45) is -0.443. The van der Waals surface area contributed by atoms with Gasteiger partial charge in [0.25, 0.3) is 0 Å². The third-order valence-corrected chi connectivity index (χ3v) is 2.67. The number of oxime groups is 1. The maximum atomic E-state index is 11.7. The second kappa shape index (κ2) is 8.71. The first-order valence-electron chi connectivity index (χ1n) is 6.01. The van der Waals surface area contributed by atoms with Crippen molar-refractivity contribution in [3.8, 4) is 0 Å². The van der Waals surface area contributed by atoms with Gasteiger partial charge in [0.2, 0.25) is 5.91 Å². The Labute approximate surface area is 108 Å². The van der Waals surface area contributed by atoms with E-state index in [1.807, 2.05) is 13.8 Å². The molecule has 0 saturated carbocycles. The van der Waals surface area contributed by atoms with Gasteiger partial charge in [-0.1, -0.05) is 5.16 Å². The fourth-order valence-electron chi connectivity index (χ4n) is 1.25. The molecule has 0 rings (SSSR count). The van der Waals surface area contributed by atoms with Crippen LogP contribution in [0.5, 0.6) is 0 Å². The average Bonchev–Trinajstić information content (AvgIpc) is 2.39. The number of hydrogen-bond acceptors (Lipinski definition) is 5. The second-order valence-corrected chi connectivity index (χ2v) is 4.07. The highest BCUT2D eigenvalue weighted by Gasteiger charge is 2.15. The molecule has 0 aromatic carbocycles. The number of hydrogen-bond donors (Lipinski definition) is 3. The number of carbonyl (C=O) groups excluding carboxylic acids is 1. The molecule has 0 radical (unpaired) electrons. The van der Waals surface area contributed by atoms with Crippen molar-refractivity contribution in [3.05, 3.63) is 0 Å². The number of nitrogens with two attached hydrogens (primary N) is 1. The van der Waals surface area contributed by atoms with Gasteiger partial charge in [0.15, 0.2) is 5.84 Å². The summed E-state index contributed by atoms with van der Waals surface area (Å²) in [6, 6.07) is -0.252. The minimum absolute atomic E-state index is 0.0323. The highest BCUT2D eigenvalue weighted by molar-refractivity contribution is 5.83. The molecule has 0 spiro atoms. The predicted octanol–water partition coefficient (Wildman–Crippen LogP) is -0.406. The van der Waals surface area contributed by atoms with Crippen LogP contribution in [0.1, 0.15) is 20.8 Å². The van der Waals surface area contributed by atoms with E-state index in [-0.39, 0.29) is 17.8 Å². The van der Waals surface area contributed by atoms with E-state index < -0.39 is 6.10 Å². The summed E-state index contributed by atoms with van der Waals surface area (Å²) < 4.78 is 5.31. The molecule has 0 aliphatic carbocycles. The minimum atomic E-state index is -0.443. The summed E-state index contributed by atoms with van der Waals surface area (Å²) in [4.78, 5) is 13.4. The third-order valence-electron chi connectivity index (χ3n) is 2.67. The van der Waals surface area contributed by atoms with Crippen LogP contribution in [0.3, 0.4) is 0 Å². The Kier molecular flexibility index (Phi) is 8.06. The molecule has 0 aromatic heterocycles. The first kappa shape index (κ1) is 16.7. The van der Waals surface area contributed by atoms with E-state index in [2.05, 4.69) is 10.5 Å². The number of nitrogens with zero attached hydrogens (tertiary/aromatic N) is 2. The number of rotatable bonds is 8. The molecule has 0 heterocycles. The lowest BCUT2D eigenvalue weighted by molar-refractivity contribution is -0.131. The molecule has 0 fully saturated rings. The highest BCUT2D eigenvalue weighted by atomic mass is 16.5. The molecule has 0 saturated heterocycles. The van der Waals surface area contributed by atoms with Crippen molar-refractivity contribution in [3.63, 3.8) is 0 Å². The molecule has 18 heavy (non-hydrogen) atoms. The van der Waals surface area contributed by atoms with Gasteiger partial charge in [0, 0.05) is 20.1 Å². The van der Waals surface area contributed by atoms with Gasteiger partial charge in [-0.2, -0.15) is 0 Å². The monoisotopic (exact) mass is 260 g/mol. The number of likely N-dealkylation sites (N-methyl/N-ethyl adjacent to an activating group) is 1. The van der Waals surface area contributed by atoms with E-state index in [0.717, 1.165) is 0 Å². The highest BCUT2D eigenvalue weighted by Crippen LogP contribution is 1.93. The maximum Gasteiger partial charge on any atom is 0.239 e. The molecule has 7 nitrogen and oxygen atoms in total. The lowest BCUT2D eigenvalue weighted by Crippen LogP contribution is -2.44. The molecule has 0 aliphatic rings. The Morgan fingerprint density at radius 3 is 2.67 bits per heavy atom. The van der Waals surface area contributed by atoms with Crippen LogP contribution in [0.15, 0.2) is 5.16 Å². The molecule has 0 aliphatic heterocycles. The lowest BCUT2D eigenvalue weighted by atomic mass is 10.3. The predicted molar refractivity (Wildman–Crippen MR) is 69.6 cm³/mol. The summed E-state index contributed by atoms with van der Waals surface area (Å²) in [5.74, 6) is 0.0758. The third kappa shape index (κ3) is 5.83. The van der Waals surface area contributed by atoms with Crippen LogP contribution in [0.25, 0.3) is 0 Å². The van der Waals surface area contributed by atoms with E-state index in [4.69, 9.17) is 15.7 Å². The van der Waals surface area contributed by atoms with Crippen molar-refractivity contribution in [2.45, 2.75) is 32.9 Å². The summed E-state index contributed by atoms with van der Waals surface area (Å²) in [7, 11) is 1.76. The fourth-order valence-corrected chi connectivity index (χ4v) is 1.25. The molecule has 106 valence electrons. The topological polar surface area (TPSA) is 100 Å². The van der Waals surface area contributed by atoms with E-state index in [0.29, 0.717) is 19.7 Å². The molecule has 0 aromatic rings. The molecule has 0 bridgehead atoms. The SMILES string of the molecule is CCN(C)C(=O)C(C)NCCOC(C)C(N)=NO. The summed E-state index contributed by atoms with van der Waals surface area (Å²) in [6.45, 7) is 7.00. The zero-order valence-corrected chi connectivity index (χ0v) is 11.5. The van der Waals surface area contributed by atoms with Crippen molar-refractivity contribution < 1.29 is 14.7 Å². The molecule has 2 atom stereocenters. The normalized spacial score (nSPS) is 15.2. The summed E-state index contributed by atoms with van der Waals surface area (Å²) >= 11 is 0. The lowest BCUT2D eigenvalue weighted by Gasteiger charge is -2.21. The maximum absolute atomic E-state index is 11.7. The van der Waals surface area contributed by atoms with Crippen molar-refractivity contribution in [2.24, 2.45) is 10.9 Å². The number of ether oxygens (including phenoxy) is 1. The Morgan fingerprint density at radius 1 is 1.56 bits per heavy atom. The van der Waals surface area contributed by atoms with E-state index in [1.54, 1.807) is 18.9 Å². The molecule has 2 unspecified atom stereocenters. The van der Waals surface area contributed by atoms with Crippen molar-refractivity contribution >= 4 is 11.7 Å². The van der Waals surface area contributed by atoms with Crippen LogP contribution in [-0.2, 0) is 9.53 Å². The van der Waals surface area contributed by atoms with E-state index in [1.165, 1.54) is 0 Å². The Morgan fingerprint density at radius 2 is 2.17 bits per heavy atom. The minimum Gasteiger partial charge on any atom is -0.409 e. The van der Waals surface area contributed by atoms with Crippen LogP contribution >= 0.6 is 0 Å². The Hall–Kier alpha value is -1.34. The summed E-state index contributed by atoms with van der Waals surface area (Å²) in [5, 5.41) is 14.3. The molecular weight excluding hydrogens is 236 g/mol. The van der Waals surface area contributed by atoms with Gasteiger partial charge in [0.1, 0.15) is 6.10 Å². The first-order chi connectivity index (χ1) is 8.43. The fraction of sp³-hybridized carbons (Fsp3) is 0.818. The van der Waals surface area contributed by atoms with Crippen molar-refractivity contribution in [2.75, 3.05) is 26.7 Å². The zero-order chi connectivity index (χ0) is 14.1. The molecule has 4 N–H and O–H groups in total. The number of nitrogens with one attached hydrogen (secondary N) is 1. The van der Waals surface area contributed by atoms with E-state index >= 15 is 0 Å². The van der Waals surface area contributed by atoms with Gasteiger partial charge in [-0.25, -0.2) is 0 Å². The first-order valence-corrected chi connectivity index (χ1v) is 6.01. The van der Waals surface area contributed by atoms with Crippen LogP contribution in [-0.4, -0.2) is 60.7 Å². The Bertz CT molecular complexity index is 283. The van der Waals surface area contributed by atoms with Crippen LogP contribution in [0.2, 0.25) is 0 Å². The quantitative estimate of drug-likeness (QED) is 0.181. The van der Waals surface area contributed by atoms with Gasteiger partial charge in [-0.05, 0) is 20.8 Å². The van der Waals surface area contributed by atoms with Crippen molar-refractivity contribution in [1.82, 2.24) is 10.2 Å². The standard InChI is InChI=1S/C11H24N4O3/c1-5-15(4)11(16)8(2)13-6-7-18-9(3)10(12)14-17/h8-9,13,17H,5-7H2,1-4H3,(H2,12,14). The Balaban J connectivity index is 3.82. The molecule has 7 heteroatoms. The summed E-state index contributed by atoms with van der Waals surface area (Å²) in [5.41, 5.74) is 5.36. The molecular formula is C11H24N4O3.